The van der Waals surface area contributed by atoms with Gasteiger partial charge in [0.05, 0.1) is 18.2 Å². The largest absolute Gasteiger partial charge is 0.494 e. The lowest BCUT2D eigenvalue weighted by Gasteiger charge is -2.08. The molecule has 0 aliphatic carbocycles. The van der Waals surface area contributed by atoms with Crippen LogP contribution in [0.2, 0.25) is 0 Å². The predicted octanol–water partition coefficient (Wildman–Crippen LogP) is 3.29. The minimum Gasteiger partial charge on any atom is -0.494 e. The van der Waals surface area contributed by atoms with Crippen LogP contribution in [0.3, 0.4) is 0 Å². The lowest BCUT2D eigenvalue weighted by Crippen LogP contribution is -1.98. The van der Waals surface area contributed by atoms with E-state index in [4.69, 9.17) is 4.74 Å². The third-order valence-corrected chi connectivity index (χ3v) is 3.41. The summed E-state index contributed by atoms with van der Waals surface area (Å²) in [6, 6.07) is 7.87. The average Bonchev–Trinajstić information content (AvgIpc) is 2.92. The second-order valence-corrected chi connectivity index (χ2v) is 5.08. The second-order valence-electron chi connectivity index (χ2n) is 5.08. The van der Waals surface area contributed by atoms with Gasteiger partial charge in [-0.25, -0.2) is 9.97 Å². The van der Waals surface area contributed by atoms with E-state index in [1.165, 1.54) is 6.33 Å². The summed E-state index contributed by atoms with van der Waals surface area (Å²) >= 11 is 0. The van der Waals surface area contributed by atoms with E-state index in [0.29, 0.717) is 0 Å². The van der Waals surface area contributed by atoms with Gasteiger partial charge in [-0.2, -0.15) is 5.10 Å². The number of benzene rings is 1. The fourth-order valence-corrected chi connectivity index (χ4v) is 2.17. The Bertz CT molecular complexity index is 751. The normalized spacial score (nSPS) is 10.8. The summed E-state index contributed by atoms with van der Waals surface area (Å²) in [4.78, 5) is 8.52. The first-order chi connectivity index (χ1) is 10.8. The third kappa shape index (κ3) is 3.00. The summed E-state index contributed by atoms with van der Waals surface area (Å²) in [6.07, 6.45) is 5.50. The minimum atomic E-state index is 0.748. The molecule has 22 heavy (non-hydrogen) atoms. The van der Waals surface area contributed by atoms with Gasteiger partial charge in [0, 0.05) is 12.7 Å². The minimum absolute atomic E-state index is 0.748. The van der Waals surface area contributed by atoms with Crippen molar-refractivity contribution in [2.75, 3.05) is 11.9 Å². The van der Waals surface area contributed by atoms with Crippen LogP contribution in [-0.2, 0) is 7.05 Å². The number of hydrogen-bond donors (Lipinski definition) is 1. The van der Waals surface area contributed by atoms with Gasteiger partial charge in [0.25, 0.3) is 0 Å². The number of aromatic nitrogens is 4. The quantitative estimate of drug-likeness (QED) is 0.707. The van der Waals surface area contributed by atoms with E-state index in [9.17, 15) is 0 Å². The molecule has 0 aliphatic rings. The fraction of sp³-hybridized carbons (Fsp3) is 0.312. The van der Waals surface area contributed by atoms with E-state index >= 15 is 0 Å². The number of rotatable bonds is 6. The maximum absolute atomic E-state index is 5.66. The van der Waals surface area contributed by atoms with Crippen LogP contribution in [0, 0.1) is 0 Å². The molecule has 0 fully saturated rings. The monoisotopic (exact) mass is 297 g/mol. The summed E-state index contributed by atoms with van der Waals surface area (Å²) in [5, 5.41) is 8.40. The van der Waals surface area contributed by atoms with Gasteiger partial charge in [-0.05, 0) is 30.7 Å². The maximum atomic E-state index is 5.66. The molecular weight excluding hydrogens is 278 g/mol. The van der Waals surface area contributed by atoms with Crippen LogP contribution in [0.4, 0.5) is 11.5 Å². The fourth-order valence-electron chi connectivity index (χ4n) is 2.17. The lowest BCUT2D eigenvalue weighted by molar-refractivity contribution is 0.309. The van der Waals surface area contributed by atoms with Crippen molar-refractivity contribution in [3.8, 4) is 5.75 Å². The number of unbranched alkanes of at least 4 members (excludes halogenated alkanes) is 1. The molecular formula is C16H19N5O. The Labute approximate surface area is 129 Å². The smallest absolute Gasteiger partial charge is 0.163 e. The van der Waals surface area contributed by atoms with Crippen molar-refractivity contribution in [1.29, 1.82) is 0 Å². The summed E-state index contributed by atoms with van der Waals surface area (Å²) in [5.74, 6) is 1.63. The van der Waals surface area contributed by atoms with Gasteiger partial charge in [0.15, 0.2) is 5.65 Å². The van der Waals surface area contributed by atoms with Gasteiger partial charge < -0.3 is 10.1 Å². The van der Waals surface area contributed by atoms with E-state index in [0.717, 1.165) is 47.7 Å². The molecule has 0 unspecified atom stereocenters. The van der Waals surface area contributed by atoms with Crippen LogP contribution >= 0.6 is 0 Å². The van der Waals surface area contributed by atoms with Gasteiger partial charge in [-0.1, -0.05) is 13.3 Å². The Morgan fingerprint density at radius 3 is 2.77 bits per heavy atom. The van der Waals surface area contributed by atoms with Crippen molar-refractivity contribution in [3.63, 3.8) is 0 Å². The first-order valence-corrected chi connectivity index (χ1v) is 7.40. The molecule has 0 saturated heterocycles. The average molecular weight is 297 g/mol. The molecule has 2 heterocycles. The highest BCUT2D eigenvalue weighted by molar-refractivity contribution is 5.88. The molecule has 6 heteroatoms. The molecule has 1 aromatic carbocycles. The molecule has 2 aromatic heterocycles. The summed E-state index contributed by atoms with van der Waals surface area (Å²) in [6.45, 7) is 2.91. The maximum Gasteiger partial charge on any atom is 0.163 e. The molecule has 0 spiro atoms. The van der Waals surface area contributed by atoms with Crippen molar-refractivity contribution in [2.45, 2.75) is 19.8 Å². The molecule has 6 nitrogen and oxygen atoms in total. The third-order valence-electron chi connectivity index (χ3n) is 3.41. The van der Waals surface area contributed by atoms with E-state index in [1.807, 2.05) is 31.3 Å². The molecule has 114 valence electrons. The first kappa shape index (κ1) is 14.3. The van der Waals surface area contributed by atoms with Gasteiger partial charge in [0.2, 0.25) is 0 Å². The Balaban J connectivity index is 1.74. The molecule has 0 saturated carbocycles. The highest BCUT2D eigenvalue weighted by atomic mass is 16.5. The zero-order valence-corrected chi connectivity index (χ0v) is 12.8. The van der Waals surface area contributed by atoms with Crippen LogP contribution in [0.25, 0.3) is 11.0 Å². The van der Waals surface area contributed by atoms with E-state index in [1.54, 1.807) is 10.9 Å². The van der Waals surface area contributed by atoms with Crippen LogP contribution in [0.15, 0.2) is 36.8 Å². The molecule has 0 atom stereocenters. The van der Waals surface area contributed by atoms with Crippen molar-refractivity contribution in [3.05, 3.63) is 36.8 Å². The van der Waals surface area contributed by atoms with Crippen LogP contribution < -0.4 is 10.1 Å². The summed E-state index contributed by atoms with van der Waals surface area (Å²) in [7, 11) is 1.86. The highest BCUT2D eigenvalue weighted by Gasteiger charge is 2.07. The van der Waals surface area contributed by atoms with Crippen molar-refractivity contribution < 1.29 is 4.74 Å². The van der Waals surface area contributed by atoms with E-state index < -0.39 is 0 Å². The molecule has 1 N–H and O–H groups in total. The topological polar surface area (TPSA) is 64.9 Å². The van der Waals surface area contributed by atoms with Crippen LogP contribution in [-0.4, -0.2) is 26.4 Å². The summed E-state index contributed by atoms with van der Waals surface area (Å²) in [5.41, 5.74) is 1.75. The number of ether oxygens (including phenoxy) is 1. The Morgan fingerprint density at radius 1 is 1.18 bits per heavy atom. The number of hydrogen-bond acceptors (Lipinski definition) is 5. The zero-order chi connectivity index (χ0) is 15.4. The van der Waals surface area contributed by atoms with Gasteiger partial charge >= 0.3 is 0 Å². The molecule has 0 bridgehead atoms. The van der Waals surface area contributed by atoms with Gasteiger partial charge in [-0.15, -0.1) is 0 Å². The molecule has 0 amide bonds. The van der Waals surface area contributed by atoms with Crippen LogP contribution in [0.5, 0.6) is 5.75 Å². The number of aryl methyl sites for hydroxylation is 1. The molecule has 3 aromatic rings. The zero-order valence-electron chi connectivity index (χ0n) is 12.8. The number of nitrogens with zero attached hydrogens (tertiary/aromatic N) is 4. The lowest BCUT2D eigenvalue weighted by atomic mass is 10.3. The van der Waals surface area contributed by atoms with Crippen molar-refractivity contribution in [1.82, 2.24) is 19.7 Å². The Hall–Kier alpha value is -2.63. The molecule has 0 aliphatic heterocycles. The Morgan fingerprint density at radius 2 is 2.00 bits per heavy atom. The number of nitrogens with one attached hydrogen (secondary N) is 1. The highest BCUT2D eigenvalue weighted by Crippen LogP contribution is 2.23. The van der Waals surface area contributed by atoms with Gasteiger partial charge in [0.1, 0.15) is 17.9 Å². The van der Waals surface area contributed by atoms with Gasteiger partial charge in [-0.3, -0.25) is 4.68 Å². The number of anilines is 2. The summed E-state index contributed by atoms with van der Waals surface area (Å²) < 4.78 is 7.39. The van der Waals surface area contributed by atoms with Crippen LogP contribution in [0.1, 0.15) is 19.8 Å². The standard InChI is InChI=1S/C16H19N5O/c1-3-4-9-22-13-7-5-12(6-8-13)20-15-14-10-19-21(2)16(14)18-11-17-15/h5-8,10-11H,3-4,9H2,1-2H3,(H,17,18,20). The second kappa shape index (κ2) is 6.43. The Kier molecular flexibility index (Phi) is 4.18. The molecule has 0 radical (unpaired) electrons. The van der Waals surface area contributed by atoms with E-state index in [-0.39, 0.29) is 0 Å². The van der Waals surface area contributed by atoms with Crippen molar-refractivity contribution >= 4 is 22.5 Å². The SMILES string of the molecule is CCCCOc1ccc(Nc2ncnc3c2cnn3C)cc1. The first-order valence-electron chi connectivity index (χ1n) is 7.40. The van der Waals surface area contributed by atoms with E-state index in [2.05, 4.69) is 27.3 Å². The predicted molar refractivity (Wildman–Crippen MR) is 86.4 cm³/mol. The molecule has 3 rings (SSSR count). The number of fused-ring (bicyclic) bond motifs is 1. The van der Waals surface area contributed by atoms with Crippen molar-refractivity contribution in [2.24, 2.45) is 7.05 Å².